The van der Waals surface area contributed by atoms with Crippen LogP contribution in [0.15, 0.2) is 24.3 Å². The Morgan fingerprint density at radius 1 is 1.06 bits per heavy atom. The molecular weight excluding hydrogens is 244 g/mol. The lowest BCUT2D eigenvalue weighted by atomic mass is 10.2. The van der Waals surface area contributed by atoms with Crippen molar-refractivity contribution in [3.8, 4) is 5.75 Å². The van der Waals surface area contributed by atoms with Gasteiger partial charge in [-0.25, -0.2) is 4.31 Å². The van der Waals surface area contributed by atoms with Crippen molar-refractivity contribution in [3.63, 3.8) is 0 Å². The smallest absolute Gasteiger partial charge is 0.119 e. The highest BCUT2D eigenvalue weighted by Gasteiger charge is 2.14. The van der Waals surface area contributed by atoms with Crippen LogP contribution in [0.2, 0.25) is 0 Å². The van der Waals surface area contributed by atoms with Crippen LogP contribution in [-0.2, 0) is 0 Å². The average Bonchev–Trinajstić information content (AvgIpc) is 2.41. The molecule has 0 unspecified atom stereocenters. The lowest BCUT2D eigenvalue weighted by Gasteiger charge is -2.33. The zero-order chi connectivity index (χ0) is 13.4. The second-order valence-corrected chi connectivity index (χ2v) is 4.91. The Bertz CT molecular complexity index is 321. The third kappa shape index (κ3) is 4.78. The van der Waals surface area contributed by atoms with Crippen molar-refractivity contribution in [1.29, 1.82) is 0 Å². The summed E-state index contributed by atoms with van der Waals surface area (Å²) in [5, 5.41) is 0. The van der Waals surface area contributed by atoms with E-state index in [9.17, 15) is 0 Å². The zero-order valence-electron chi connectivity index (χ0n) is 11.6. The molecule has 1 aliphatic rings. The number of rotatable bonds is 2. The van der Waals surface area contributed by atoms with Crippen LogP contribution in [0.5, 0.6) is 5.75 Å². The highest BCUT2D eigenvalue weighted by atomic mass is 32.1. The van der Waals surface area contributed by atoms with Crippen LogP contribution in [0.4, 0.5) is 5.69 Å². The van der Waals surface area contributed by atoms with Gasteiger partial charge in [-0.05, 0) is 24.3 Å². The topological polar surface area (TPSA) is 15.7 Å². The first-order chi connectivity index (χ1) is 8.71. The van der Waals surface area contributed by atoms with E-state index in [1.54, 1.807) is 7.11 Å². The molecule has 1 saturated heterocycles. The summed E-state index contributed by atoms with van der Waals surface area (Å²) in [6, 6.07) is 8.21. The molecule has 1 aromatic carbocycles. The van der Waals surface area contributed by atoms with Gasteiger partial charge in [0.1, 0.15) is 5.75 Å². The fourth-order valence-corrected chi connectivity index (χ4v) is 1.93. The summed E-state index contributed by atoms with van der Waals surface area (Å²) < 4.78 is 7.19. The van der Waals surface area contributed by atoms with E-state index in [2.05, 4.69) is 48.0 Å². The Morgan fingerprint density at radius 2 is 1.56 bits per heavy atom. The van der Waals surface area contributed by atoms with Gasteiger partial charge in [0, 0.05) is 31.9 Å². The molecular formula is C14H24N2OS. The van der Waals surface area contributed by atoms with E-state index in [1.165, 1.54) is 12.1 Å². The summed E-state index contributed by atoms with van der Waals surface area (Å²) in [7, 11) is 1.69. The second-order valence-electron chi connectivity index (χ2n) is 4.35. The third-order valence-corrected chi connectivity index (χ3v) is 3.09. The van der Waals surface area contributed by atoms with Gasteiger partial charge in [-0.3, -0.25) is 0 Å². The molecule has 18 heavy (non-hydrogen) atoms. The van der Waals surface area contributed by atoms with Gasteiger partial charge in [-0.1, -0.05) is 33.1 Å². The summed E-state index contributed by atoms with van der Waals surface area (Å²) in [5.41, 5.74) is 1.26. The fraction of sp³-hybridized carbons (Fsp3) is 0.571. The van der Waals surface area contributed by atoms with Crippen molar-refractivity contribution in [2.75, 3.05) is 38.2 Å². The molecule has 1 heterocycles. The number of hydrogen-bond acceptors (Lipinski definition) is 4. The summed E-state index contributed by atoms with van der Waals surface area (Å²) in [4.78, 5) is 2.37. The Labute approximate surface area is 116 Å². The first kappa shape index (κ1) is 15.2. The van der Waals surface area contributed by atoms with E-state index in [4.69, 9.17) is 4.74 Å². The number of nitrogens with zero attached hydrogens (tertiary/aromatic N) is 2. The van der Waals surface area contributed by atoms with Crippen molar-refractivity contribution in [3.05, 3.63) is 24.3 Å². The summed E-state index contributed by atoms with van der Waals surface area (Å²) in [6.45, 7) is 8.34. The molecule has 0 spiro atoms. The minimum atomic E-state index is 0.909. The molecule has 102 valence electrons. The number of anilines is 1. The number of hydrogen-bond donors (Lipinski definition) is 1. The van der Waals surface area contributed by atoms with Gasteiger partial charge in [0.15, 0.2) is 0 Å². The molecule has 1 aromatic rings. The predicted molar refractivity (Wildman–Crippen MR) is 81.7 cm³/mol. The highest BCUT2D eigenvalue weighted by molar-refractivity contribution is 7.77. The van der Waals surface area contributed by atoms with Crippen molar-refractivity contribution < 1.29 is 4.74 Å². The molecule has 0 N–H and O–H groups in total. The van der Waals surface area contributed by atoms with Crippen LogP contribution in [-0.4, -0.2) is 37.6 Å². The quantitative estimate of drug-likeness (QED) is 0.830. The van der Waals surface area contributed by atoms with Crippen LogP contribution in [0.1, 0.15) is 20.3 Å². The molecule has 0 amide bonds. The second kappa shape index (κ2) is 8.27. The van der Waals surface area contributed by atoms with Crippen molar-refractivity contribution in [1.82, 2.24) is 4.31 Å². The maximum Gasteiger partial charge on any atom is 0.119 e. The summed E-state index contributed by atoms with van der Waals surface area (Å²) in [5.74, 6) is 0.909. The molecule has 0 saturated carbocycles. The van der Waals surface area contributed by atoms with Gasteiger partial charge >= 0.3 is 0 Å². The Morgan fingerprint density at radius 3 is 2.00 bits per heavy atom. The van der Waals surface area contributed by atoms with Gasteiger partial charge in [-0.2, -0.15) is 0 Å². The monoisotopic (exact) mass is 268 g/mol. The van der Waals surface area contributed by atoms with E-state index in [0.29, 0.717) is 0 Å². The maximum atomic E-state index is 5.13. The van der Waals surface area contributed by atoms with Crippen LogP contribution >= 0.6 is 12.8 Å². The SMILES string of the molecule is CCC.COc1ccc(N2CCN(S)CC2)cc1. The molecule has 0 bridgehead atoms. The maximum absolute atomic E-state index is 5.13. The lowest BCUT2D eigenvalue weighted by molar-refractivity contribution is 0.414. The highest BCUT2D eigenvalue weighted by Crippen LogP contribution is 2.20. The van der Waals surface area contributed by atoms with E-state index in [0.717, 1.165) is 31.9 Å². The van der Waals surface area contributed by atoms with Gasteiger partial charge < -0.3 is 9.64 Å². The molecule has 3 nitrogen and oxygen atoms in total. The summed E-state index contributed by atoms with van der Waals surface area (Å²) >= 11 is 4.33. The number of benzene rings is 1. The molecule has 0 atom stereocenters. The Kier molecular flexibility index (Phi) is 6.98. The average molecular weight is 268 g/mol. The molecule has 0 radical (unpaired) electrons. The number of piperazine rings is 1. The van der Waals surface area contributed by atoms with E-state index >= 15 is 0 Å². The fourth-order valence-electron chi connectivity index (χ4n) is 1.75. The minimum Gasteiger partial charge on any atom is -0.497 e. The van der Waals surface area contributed by atoms with Crippen LogP contribution in [0.3, 0.4) is 0 Å². The number of thiol groups is 1. The standard InChI is InChI=1S/C11H16N2OS.C3H8/c1-14-11-4-2-10(3-5-11)12-6-8-13(15)9-7-12;1-3-2/h2-5,15H,6-9H2,1H3;3H2,1-2H3. The normalized spacial score (nSPS) is 15.9. The molecule has 0 aliphatic carbocycles. The van der Waals surface area contributed by atoms with Crippen molar-refractivity contribution >= 4 is 18.5 Å². The molecule has 0 aromatic heterocycles. The molecule has 1 fully saturated rings. The Balaban J connectivity index is 0.000000492. The van der Waals surface area contributed by atoms with Gasteiger partial charge in [-0.15, -0.1) is 0 Å². The Hall–Kier alpha value is -0.870. The largest absolute Gasteiger partial charge is 0.497 e. The third-order valence-electron chi connectivity index (χ3n) is 2.69. The summed E-state index contributed by atoms with van der Waals surface area (Å²) in [6.07, 6.45) is 1.25. The molecule has 1 aliphatic heterocycles. The predicted octanol–water partition coefficient (Wildman–Crippen LogP) is 3.08. The lowest BCUT2D eigenvalue weighted by Crippen LogP contribution is -2.42. The van der Waals surface area contributed by atoms with Gasteiger partial charge in [0.05, 0.1) is 7.11 Å². The van der Waals surface area contributed by atoms with E-state index < -0.39 is 0 Å². The zero-order valence-corrected chi connectivity index (χ0v) is 12.5. The number of ether oxygens (including phenoxy) is 1. The molecule has 2 rings (SSSR count). The van der Waals surface area contributed by atoms with Crippen molar-refractivity contribution in [2.45, 2.75) is 20.3 Å². The number of methoxy groups -OCH3 is 1. The van der Waals surface area contributed by atoms with Crippen molar-refractivity contribution in [2.24, 2.45) is 0 Å². The van der Waals surface area contributed by atoms with Gasteiger partial charge in [0.25, 0.3) is 0 Å². The van der Waals surface area contributed by atoms with E-state index in [1.807, 2.05) is 12.1 Å². The molecule has 4 heteroatoms. The van der Waals surface area contributed by atoms with E-state index in [-0.39, 0.29) is 0 Å². The first-order valence-electron chi connectivity index (χ1n) is 6.54. The first-order valence-corrected chi connectivity index (χ1v) is 6.94. The minimum absolute atomic E-state index is 0.909. The van der Waals surface area contributed by atoms with Crippen LogP contribution < -0.4 is 9.64 Å². The van der Waals surface area contributed by atoms with Crippen LogP contribution in [0, 0.1) is 0 Å². The van der Waals surface area contributed by atoms with Crippen LogP contribution in [0.25, 0.3) is 0 Å². The van der Waals surface area contributed by atoms with Gasteiger partial charge in [0.2, 0.25) is 0 Å².